The second-order valence-electron chi connectivity index (χ2n) is 5.76. The Labute approximate surface area is 84.9 Å². The molecule has 0 spiro atoms. The average molecular weight is 198 g/mol. The lowest BCUT2D eigenvalue weighted by Crippen LogP contribution is -2.16. The molecule has 0 fully saturated rings. The standard InChI is InChI=1S/C11H19FN2/c1-10(2,3)8-7(12)9(14-13-8)11(4,5)6/h1-6H3,(H,13,14). The van der Waals surface area contributed by atoms with Crippen LogP contribution in [0.5, 0.6) is 0 Å². The zero-order chi connectivity index (χ0) is 11.1. The van der Waals surface area contributed by atoms with E-state index in [4.69, 9.17) is 0 Å². The fourth-order valence-corrected chi connectivity index (χ4v) is 1.32. The molecular formula is C11H19FN2. The molecule has 0 saturated heterocycles. The van der Waals surface area contributed by atoms with E-state index in [0.29, 0.717) is 11.4 Å². The summed E-state index contributed by atoms with van der Waals surface area (Å²) in [6, 6.07) is 0. The minimum absolute atomic E-state index is 0.190. The summed E-state index contributed by atoms with van der Waals surface area (Å²) in [5.74, 6) is -0.190. The van der Waals surface area contributed by atoms with Crippen LogP contribution in [0.1, 0.15) is 52.9 Å². The molecule has 0 amide bonds. The summed E-state index contributed by atoms with van der Waals surface area (Å²) in [6.45, 7) is 11.8. The van der Waals surface area contributed by atoms with E-state index in [1.807, 2.05) is 41.5 Å². The van der Waals surface area contributed by atoms with Crippen LogP contribution in [0.3, 0.4) is 0 Å². The van der Waals surface area contributed by atoms with Crippen molar-refractivity contribution in [1.82, 2.24) is 10.2 Å². The third kappa shape index (κ3) is 1.97. The van der Waals surface area contributed by atoms with Crippen molar-refractivity contribution in [2.45, 2.75) is 52.4 Å². The van der Waals surface area contributed by atoms with Gasteiger partial charge in [0.25, 0.3) is 0 Å². The number of H-pyrrole nitrogens is 1. The van der Waals surface area contributed by atoms with Gasteiger partial charge in [-0.3, -0.25) is 5.10 Å². The van der Waals surface area contributed by atoms with E-state index >= 15 is 0 Å². The Morgan fingerprint density at radius 3 is 1.71 bits per heavy atom. The normalized spacial score (nSPS) is 13.4. The van der Waals surface area contributed by atoms with Crippen LogP contribution in [0.25, 0.3) is 0 Å². The zero-order valence-corrected chi connectivity index (χ0v) is 9.83. The second kappa shape index (κ2) is 3.07. The first-order chi connectivity index (χ1) is 6.14. The Balaban J connectivity index is 3.23. The first kappa shape index (κ1) is 11.2. The van der Waals surface area contributed by atoms with Crippen LogP contribution in [0.4, 0.5) is 4.39 Å². The quantitative estimate of drug-likeness (QED) is 0.681. The van der Waals surface area contributed by atoms with Crippen molar-refractivity contribution in [2.24, 2.45) is 0 Å². The maximum absolute atomic E-state index is 13.9. The predicted octanol–water partition coefficient (Wildman–Crippen LogP) is 3.14. The molecule has 0 atom stereocenters. The van der Waals surface area contributed by atoms with Crippen molar-refractivity contribution in [1.29, 1.82) is 0 Å². The Kier molecular flexibility index (Phi) is 2.46. The molecule has 80 valence electrons. The van der Waals surface area contributed by atoms with Crippen molar-refractivity contribution in [3.05, 3.63) is 17.2 Å². The molecule has 0 saturated carbocycles. The molecule has 0 radical (unpaired) electrons. The summed E-state index contributed by atoms with van der Waals surface area (Å²) < 4.78 is 13.9. The second-order valence-corrected chi connectivity index (χ2v) is 5.76. The number of hydrogen-bond acceptors (Lipinski definition) is 1. The van der Waals surface area contributed by atoms with Crippen molar-refractivity contribution in [3.63, 3.8) is 0 Å². The number of aromatic amines is 1. The van der Waals surface area contributed by atoms with Crippen LogP contribution in [-0.4, -0.2) is 10.2 Å². The Hall–Kier alpha value is -0.860. The summed E-state index contributed by atoms with van der Waals surface area (Å²) in [5, 5.41) is 6.85. The molecule has 1 aromatic heterocycles. The number of hydrogen-bond donors (Lipinski definition) is 1. The molecule has 0 aliphatic heterocycles. The van der Waals surface area contributed by atoms with Gasteiger partial charge in [0.2, 0.25) is 0 Å². The Bertz CT molecular complexity index is 295. The van der Waals surface area contributed by atoms with Gasteiger partial charge in [-0.1, -0.05) is 41.5 Å². The number of nitrogens with one attached hydrogen (secondary N) is 1. The van der Waals surface area contributed by atoms with Gasteiger partial charge in [-0.25, -0.2) is 4.39 Å². The number of halogens is 1. The molecule has 1 rings (SSSR count). The van der Waals surface area contributed by atoms with E-state index < -0.39 is 0 Å². The topological polar surface area (TPSA) is 28.7 Å². The molecule has 1 heterocycles. The third-order valence-electron chi connectivity index (χ3n) is 2.17. The molecule has 0 unspecified atom stereocenters. The highest BCUT2D eigenvalue weighted by atomic mass is 19.1. The first-order valence-electron chi connectivity index (χ1n) is 4.89. The van der Waals surface area contributed by atoms with Crippen LogP contribution in [0.15, 0.2) is 0 Å². The summed E-state index contributed by atoms with van der Waals surface area (Å²) >= 11 is 0. The number of nitrogens with zero attached hydrogens (tertiary/aromatic N) is 1. The highest BCUT2D eigenvalue weighted by molar-refractivity contribution is 5.23. The smallest absolute Gasteiger partial charge is 0.168 e. The molecule has 0 aliphatic carbocycles. The minimum Gasteiger partial charge on any atom is -0.279 e. The average Bonchev–Trinajstić information content (AvgIpc) is 2.26. The largest absolute Gasteiger partial charge is 0.279 e. The Morgan fingerprint density at radius 1 is 1.00 bits per heavy atom. The van der Waals surface area contributed by atoms with E-state index in [9.17, 15) is 4.39 Å². The van der Waals surface area contributed by atoms with Gasteiger partial charge in [0.1, 0.15) is 5.69 Å². The zero-order valence-electron chi connectivity index (χ0n) is 9.83. The number of rotatable bonds is 0. The van der Waals surface area contributed by atoms with Crippen molar-refractivity contribution in [2.75, 3.05) is 0 Å². The molecule has 0 bridgehead atoms. The van der Waals surface area contributed by atoms with Gasteiger partial charge in [-0.05, 0) is 0 Å². The third-order valence-corrected chi connectivity index (χ3v) is 2.17. The van der Waals surface area contributed by atoms with Crippen molar-refractivity contribution >= 4 is 0 Å². The van der Waals surface area contributed by atoms with Gasteiger partial charge in [-0.2, -0.15) is 5.10 Å². The van der Waals surface area contributed by atoms with E-state index in [-0.39, 0.29) is 16.6 Å². The summed E-state index contributed by atoms with van der Waals surface area (Å²) in [4.78, 5) is 0. The molecule has 3 heteroatoms. The molecule has 1 aromatic rings. The van der Waals surface area contributed by atoms with Crippen LogP contribution in [0, 0.1) is 5.82 Å². The molecule has 0 aliphatic rings. The van der Waals surface area contributed by atoms with Crippen LogP contribution in [-0.2, 0) is 10.8 Å². The SMILES string of the molecule is CC(C)(C)c1n[nH]c(C(C)(C)C)c1F. The maximum atomic E-state index is 13.9. The van der Waals surface area contributed by atoms with Gasteiger partial charge in [-0.15, -0.1) is 0 Å². The van der Waals surface area contributed by atoms with Crippen molar-refractivity contribution < 1.29 is 4.39 Å². The van der Waals surface area contributed by atoms with Crippen molar-refractivity contribution in [3.8, 4) is 0 Å². The minimum atomic E-state index is -0.246. The van der Waals surface area contributed by atoms with Gasteiger partial charge >= 0.3 is 0 Å². The summed E-state index contributed by atoms with van der Waals surface area (Å²) in [7, 11) is 0. The van der Waals surface area contributed by atoms with E-state index in [0.717, 1.165) is 0 Å². The van der Waals surface area contributed by atoms with Gasteiger partial charge in [0, 0.05) is 10.8 Å². The van der Waals surface area contributed by atoms with E-state index in [2.05, 4.69) is 10.2 Å². The summed E-state index contributed by atoms with van der Waals surface area (Å²) in [5.41, 5.74) is 0.634. The highest BCUT2D eigenvalue weighted by Gasteiger charge is 2.29. The molecule has 0 aromatic carbocycles. The maximum Gasteiger partial charge on any atom is 0.168 e. The lowest BCUT2D eigenvalue weighted by Gasteiger charge is -2.17. The van der Waals surface area contributed by atoms with E-state index in [1.165, 1.54) is 0 Å². The molecule has 14 heavy (non-hydrogen) atoms. The lowest BCUT2D eigenvalue weighted by atomic mass is 9.87. The van der Waals surface area contributed by atoms with Gasteiger partial charge in [0.15, 0.2) is 5.82 Å². The molecule has 1 N–H and O–H groups in total. The number of aromatic nitrogens is 2. The van der Waals surface area contributed by atoms with Crippen LogP contribution in [0.2, 0.25) is 0 Å². The predicted molar refractivity (Wildman–Crippen MR) is 55.9 cm³/mol. The first-order valence-corrected chi connectivity index (χ1v) is 4.89. The molecular weight excluding hydrogens is 179 g/mol. The lowest BCUT2D eigenvalue weighted by molar-refractivity contribution is 0.483. The highest BCUT2D eigenvalue weighted by Crippen LogP contribution is 2.30. The van der Waals surface area contributed by atoms with Crippen LogP contribution >= 0.6 is 0 Å². The van der Waals surface area contributed by atoms with Gasteiger partial charge < -0.3 is 0 Å². The molecule has 2 nitrogen and oxygen atoms in total. The fourth-order valence-electron chi connectivity index (χ4n) is 1.32. The fraction of sp³-hybridized carbons (Fsp3) is 0.727. The van der Waals surface area contributed by atoms with Gasteiger partial charge in [0.05, 0.1) is 5.69 Å². The summed E-state index contributed by atoms with van der Waals surface area (Å²) in [6.07, 6.45) is 0. The van der Waals surface area contributed by atoms with Crippen LogP contribution < -0.4 is 0 Å². The van der Waals surface area contributed by atoms with E-state index in [1.54, 1.807) is 0 Å². The monoisotopic (exact) mass is 198 g/mol. The Morgan fingerprint density at radius 2 is 1.50 bits per heavy atom.